The van der Waals surface area contributed by atoms with Crippen molar-refractivity contribution in [3.8, 4) is 0 Å². The predicted octanol–water partition coefficient (Wildman–Crippen LogP) is 3.86. The minimum Gasteiger partial charge on any atom is -0.351 e. The van der Waals surface area contributed by atoms with Crippen LogP contribution in [0.5, 0.6) is 0 Å². The molecule has 2 atom stereocenters. The van der Waals surface area contributed by atoms with Crippen LogP contribution in [0.2, 0.25) is 0 Å². The summed E-state index contributed by atoms with van der Waals surface area (Å²) in [5.41, 5.74) is 1.29. The number of nitrogens with one attached hydrogen (secondary N) is 1. The maximum absolute atomic E-state index is 4.89. The van der Waals surface area contributed by atoms with Gasteiger partial charge in [-0.05, 0) is 25.3 Å². The van der Waals surface area contributed by atoms with Crippen molar-refractivity contribution in [2.45, 2.75) is 53.0 Å². The number of thiazole rings is 1. The summed E-state index contributed by atoms with van der Waals surface area (Å²) >= 11 is 1.84. The van der Waals surface area contributed by atoms with Crippen LogP contribution in [0, 0.1) is 5.92 Å². The van der Waals surface area contributed by atoms with Crippen LogP contribution in [0.3, 0.4) is 0 Å². The van der Waals surface area contributed by atoms with Crippen molar-refractivity contribution >= 4 is 16.5 Å². The first kappa shape index (κ1) is 16.4. The van der Waals surface area contributed by atoms with Crippen LogP contribution in [0.1, 0.15) is 57.0 Å². The van der Waals surface area contributed by atoms with Crippen LogP contribution in [0.15, 0.2) is 0 Å². The zero-order valence-corrected chi connectivity index (χ0v) is 14.1. The van der Waals surface area contributed by atoms with E-state index in [2.05, 4.69) is 45.0 Å². The molecule has 19 heavy (non-hydrogen) atoms. The highest BCUT2D eigenvalue weighted by Crippen LogP contribution is 2.32. The lowest BCUT2D eigenvalue weighted by Crippen LogP contribution is -2.23. The summed E-state index contributed by atoms with van der Waals surface area (Å²) in [7, 11) is 4.16. The summed E-state index contributed by atoms with van der Waals surface area (Å²) in [4.78, 5) is 8.59. The lowest BCUT2D eigenvalue weighted by molar-refractivity contribution is 0.559. The number of aromatic nitrogens is 1. The molecule has 0 saturated carbocycles. The first-order valence-corrected chi connectivity index (χ1v) is 8.20. The molecule has 3 nitrogen and oxygen atoms in total. The highest BCUT2D eigenvalue weighted by atomic mass is 32.1. The fourth-order valence-electron chi connectivity index (χ4n) is 2.05. The Kier molecular flexibility index (Phi) is 6.80. The average molecular weight is 283 g/mol. The highest BCUT2D eigenvalue weighted by Gasteiger charge is 2.18. The predicted molar refractivity (Wildman–Crippen MR) is 86.3 cm³/mol. The molecule has 0 aliphatic carbocycles. The normalized spacial score (nSPS) is 14.4. The molecule has 1 rings (SSSR count). The summed E-state index contributed by atoms with van der Waals surface area (Å²) in [6.45, 7) is 11.1. The molecule has 0 amide bonds. The third kappa shape index (κ3) is 4.46. The summed E-state index contributed by atoms with van der Waals surface area (Å²) in [5.74, 6) is 1.26. The van der Waals surface area contributed by atoms with Gasteiger partial charge in [-0.2, -0.15) is 0 Å². The molecule has 4 heteroatoms. The molecule has 0 fully saturated rings. The molecule has 0 radical (unpaired) electrons. The summed E-state index contributed by atoms with van der Waals surface area (Å²) in [5, 5.41) is 4.43. The highest BCUT2D eigenvalue weighted by molar-refractivity contribution is 7.15. The Morgan fingerprint density at radius 3 is 2.47 bits per heavy atom. The molecule has 110 valence electrons. The van der Waals surface area contributed by atoms with Crippen molar-refractivity contribution in [3.05, 3.63) is 10.6 Å². The van der Waals surface area contributed by atoms with Crippen molar-refractivity contribution in [3.63, 3.8) is 0 Å². The van der Waals surface area contributed by atoms with E-state index >= 15 is 0 Å². The monoisotopic (exact) mass is 283 g/mol. The van der Waals surface area contributed by atoms with Gasteiger partial charge in [0.05, 0.1) is 5.69 Å². The third-order valence-electron chi connectivity index (χ3n) is 3.74. The van der Waals surface area contributed by atoms with Crippen LogP contribution >= 0.6 is 11.3 Å². The fourth-order valence-corrected chi connectivity index (χ4v) is 3.22. The Labute approximate surface area is 122 Å². The number of hydrogen-bond donors (Lipinski definition) is 1. The van der Waals surface area contributed by atoms with E-state index in [0.29, 0.717) is 11.8 Å². The van der Waals surface area contributed by atoms with Gasteiger partial charge in [-0.3, -0.25) is 0 Å². The van der Waals surface area contributed by atoms with Gasteiger partial charge in [0.1, 0.15) is 0 Å². The Morgan fingerprint density at radius 1 is 1.26 bits per heavy atom. The molecule has 1 aromatic rings. The number of hydrogen-bond acceptors (Lipinski definition) is 4. The first-order chi connectivity index (χ1) is 9.03. The molecule has 1 aromatic heterocycles. The summed E-state index contributed by atoms with van der Waals surface area (Å²) in [6.07, 6.45) is 2.37. The Hall–Kier alpha value is -0.610. The van der Waals surface area contributed by atoms with Crippen LogP contribution < -0.4 is 10.2 Å². The van der Waals surface area contributed by atoms with Gasteiger partial charge in [-0.15, -0.1) is 11.3 Å². The van der Waals surface area contributed by atoms with Gasteiger partial charge < -0.3 is 10.2 Å². The SMILES string of the molecule is CCC(C)CN(C)c1nc(C(C)CC)c(CNC)s1. The molecular formula is C15H29N3S. The maximum Gasteiger partial charge on any atom is 0.185 e. The summed E-state index contributed by atoms with van der Waals surface area (Å²) < 4.78 is 0. The fraction of sp³-hybridized carbons (Fsp3) is 0.800. The molecule has 0 aromatic carbocycles. The van der Waals surface area contributed by atoms with Crippen molar-refractivity contribution in [1.82, 2.24) is 10.3 Å². The molecule has 1 heterocycles. The zero-order valence-electron chi connectivity index (χ0n) is 13.3. The lowest BCUT2D eigenvalue weighted by Gasteiger charge is -2.19. The zero-order chi connectivity index (χ0) is 14.4. The van der Waals surface area contributed by atoms with E-state index in [1.165, 1.54) is 22.1 Å². The molecule has 0 bridgehead atoms. The molecule has 0 saturated heterocycles. The van der Waals surface area contributed by atoms with E-state index in [-0.39, 0.29) is 0 Å². The Morgan fingerprint density at radius 2 is 1.95 bits per heavy atom. The van der Waals surface area contributed by atoms with Gasteiger partial charge in [0.25, 0.3) is 0 Å². The minimum absolute atomic E-state index is 0.547. The lowest BCUT2D eigenvalue weighted by atomic mass is 10.0. The number of rotatable bonds is 8. The van der Waals surface area contributed by atoms with Crippen LogP contribution in [-0.4, -0.2) is 25.6 Å². The quantitative estimate of drug-likeness (QED) is 0.785. The van der Waals surface area contributed by atoms with Crippen molar-refractivity contribution in [1.29, 1.82) is 0 Å². The van der Waals surface area contributed by atoms with E-state index in [1.54, 1.807) is 0 Å². The van der Waals surface area contributed by atoms with Crippen molar-refractivity contribution in [2.24, 2.45) is 5.92 Å². The summed E-state index contributed by atoms with van der Waals surface area (Å²) in [6, 6.07) is 0. The van der Waals surface area contributed by atoms with Gasteiger partial charge in [0.2, 0.25) is 0 Å². The molecule has 0 spiro atoms. The van der Waals surface area contributed by atoms with E-state index < -0.39 is 0 Å². The Bertz CT molecular complexity index is 375. The average Bonchev–Trinajstić information content (AvgIpc) is 2.82. The van der Waals surface area contributed by atoms with Gasteiger partial charge >= 0.3 is 0 Å². The Balaban J connectivity index is 2.90. The van der Waals surface area contributed by atoms with Crippen LogP contribution in [-0.2, 0) is 6.54 Å². The molecule has 2 unspecified atom stereocenters. The van der Waals surface area contributed by atoms with Crippen molar-refractivity contribution < 1.29 is 0 Å². The largest absolute Gasteiger partial charge is 0.351 e. The second-order valence-corrected chi connectivity index (χ2v) is 6.60. The minimum atomic E-state index is 0.547. The van der Waals surface area contributed by atoms with Gasteiger partial charge in [0.15, 0.2) is 5.13 Å². The number of nitrogens with zero attached hydrogens (tertiary/aromatic N) is 2. The van der Waals surface area contributed by atoms with Gasteiger partial charge in [0, 0.05) is 25.0 Å². The second-order valence-electron chi connectivity index (χ2n) is 5.54. The van der Waals surface area contributed by atoms with Crippen LogP contribution in [0.4, 0.5) is 5.13 Å². The van der Waals surface area contributed by atoms with Crippen LogP contribution in [0.25, 0.3) is 0 Å². The van der Waals surface area contributed by atoms with E-state index in [9.17, 15) is 0 Å². The van der Waals surface area contributed by atoms with Gasteiger partial charge in [-0.1, -0.05) is 34.1 Å². The van der Waals surface area contributed by atoms with E-state index in [1.807, 2.05) is 18.4 Å². The van der Waals surface area contributed by atoms with E-state index in [0.717, 1.165) is 19.5 Å². The molecule has 0 aliphatic heterocycles. The second kappa shape index (κ2) is 7.85. The maximum atomic E-state index is 4.89. The first-order valence-electron chi connectivity index (χ1n) is 7.38. The van der Waals surface area contributed by atoms with Crippen molar-refractivity contribution in [2.75, 3.05) is 25.5 Å². The molecular weight excluding hydrogens is 254 g/mol. The number of anilines is 1. The molecule has 1 N–H and O–H groups in total. The standard InChI is InChI=1S/C15H29N3S/c1-7-11(3)10-18(6)15-17-14(12(4)8-2)13(19-15)9-16-5/h11-12,16H,7-10H2,1-6H3. The van der Waals surface area contributed by atoms with Gasteiger partial charge in [-0.25, -0.2) is 4.98 Å². The smallest absolute Gasteiger partial charge is 0.185 e. The van der Waals surface area contributed by atoms with E-state index in [4.69, 9.17) is 4.98 Å². The third-order valence-corrected chi connectivity index (χ3v) is 4.93. The molecule has 0 aliphatic rings. The topological polar surface area (TPSA) is 28.2 Å².